The number of benzene rings is 2. The van der Waals surface area contributed by atoms with Crippen LogP contribution in [0.2, 0.25) is 0 Å². The van der Waals surface area contributed by atoms with Gasteiger partial charge in [-0.15, -0.1) is 0 Å². The summed E-state index contributed by atoms with van der Waals surface area (Å²) in [6.07, 6.45) is -0.158. The number of sulfonamides is 1. The number of aryl methyl sites for hydroxylation is 1. The lowest BCUT2D eigenvalue weighted by Gasteiger charge is -2.13. The Morgan fingerprint density at radius 2 is 1.96 bits per heavy atom. The van der Waals surface area contributed by atoms with Gasteiger partial charge in [-0.25, -0.2) is 17.9 Å². The van der Waals surface area contributed by atoms with Gasteiger partial charge in [0.2, 0.25) is 10.0 Å². The quantitative estimate of drug-likeness (QED) is 0.654. The van der Waals surface area contributed by atoms with Crippen molar-refractivity contribution in [1.82, 2.24) is 0 Å². The molecule has 0 saturated heterocycles. The molecule has 0 atom stereocenters. The van der Waals surface area contributed by atoms with Gasteiger partial charge in [0.05, 0.1) is 12.0 Å². The first-order valence-corrected chi connectivity index (χ1v) is 8.32. The van der Waals surface area contributed by atoms with E-state index >= 15 is 0 Å². The van der Waals surface area contributed by atoms with E-state index in [4.69, 9.17) is 9.88 Å². The van der Waals surface area contributed by atoms with Crippen LogP contribution in [0.15, 0.2) is 35.2 Å². The molecule has 2 rings (SSSR count). The normalized spacial score (nSPS) is 11.3. The van der Waals surface area contributed by atoms with Crippen LogP contribution in [0.5, 0.6) is 5.75 Å². The number of nitro benzene ring substituents is 1. The Labute approximate surface area is 138 Å². The van der Waals surface area contributed by atoms with E-state index in [0.717, 1.165) is 12.1 Å². The zero-order valence-corrected chi connectivity index (χ0v) is 13.8. The Morgan fingerprint density at radius 3 is 2.46 bits per heavy atom. The van der Waals surface area contributed by atoms with E-state index in [2.05, 4.69) is 0 Å². The maximum Gasteiger partial charge on any atom is 0.289 e. The van der Waals surface area contributed by atoms with Crippen molar-refractivity contribution < 1.29 is 22.5 Å². The fraction of sp³-hybridized carbons (Fsp3) is 0.200. The minimum atomic E-state index is -4.37. The number of nitrogens with two attached hydrogens (primary N) is 1. The van der Waals surface area contributed by atoms with Gasteiger partial charge in [-0.05, 0) is 29.7 Å². The van der Waals surface area contributed by atoms with Crippen LogP contribution < -0.4 is 9.88 Å². The molecule has 0 aliphatic rings. The fourth-order valence-corrected chi connectivity index (χ4v) is 3.39. The molecular formula is C15H15FN2O5S. The van der Waals surface area contributed by atoms with Gasteiger partial charge in [0.1, 0.15) is 11.6 Å². The number of ether oxygens (including phenoxy) is 1. The van der Waals surface area contributed by atoms with E-state index in [1.165, 1.54) is 25.3 Å². The molecule has 0 aromatic heterocycles. The molecule has 0 radical (unpaired) electrons. The van der Waals surface area contributed by atoms with Crippen LogP contribution in [0.25, 0.3) is 0 Å². The van der Waals surface area contributed by atoms with Crippen molar-refractivity contribution in [3.05, 3.63) is 63.0 Å². The van der Waals surface area contributed by atoms with Crippen molar-refractivity contribution in [1.29, 1.82) is 0 Å². The van der Waals surface area contributed by atoms with Crippen LogP contribution in [-0.4, -0.2) is 20.5 Å². The molecule has 2 aromatic rings. The average Bonchev–Trinajstić information content (AvgIpc) is 2.49. The zero-order chi connectivity index (χ0) is 18.1. The van der Waals surface area contributed by atoms with E-state index in [1.54, 1.807) is 6.92 Å². The molecule has 24 heavy (non-hydrogen) atoms. The van der Waals surface area contributed by atoms with Gasteiger partial charge in [-0.1, -0.05) is 12.1 Å². The molecule has 2 aromatic carbocycles. The highest BCUT2D eigenvalue weighted by atomic mass is 32.2. The molecule has 2 N–H and O–H groups in total. The summed E-state index contributed by atoms with van der Waals surface area (Å²) < 4.78 is 42.8. The monoisotopic (exact) mass is 354 g/mol. The molecule has 0 heterocycles. The standard InChI is InChI=1S/C15H15FN2O5S/c1-9-3-6-14(18(19)20)15(24(17,21)22)12(9)7-10-4-5-11(23-2)8-13(10)16/h3-6,8H,7H2,1-2H3,(H2,17,21,22). The van der Waals surface area contributed by atoms with Gasteiger partial charge in [-0.3, -0.25) is 10.1 Å². The predicted octanol–water partition coefficient (Wildman–Crippen LogP) is 2.29. The summed E-state index contributed by atoms with van der Waals surface area (Å²) in [6.45, 7) is 1.58. The Morgan fingerprint density at radius 1 is 1.29 bits per heavy atom. The highest BCUT2D eigenvalue weighted by Crippen LogP contribution is 2.31. The third kappa shape index (κ3) is 3.52. The van der Waals surface area contributed by atoms with E-state index in [-0.39, 0.29) is 17.5 Å². The van der Waals surface area contributed by atoms with Crippen molar-refractivity contribution in [2.24, 2.45) is 5.14 Å². The van der Waals surface area contributed by atoms with Crippen LogP contribution in [0.1, 0.15) is 16.7 Å². The Bertz CT molecular complexity index is 912. The highest BCUT2D eigenvalue weighted by Gasteiger charge is 2.28. The van der Waals surface area contributed by atoms with E-state index in [0.29, 0.717) is 11.3 Å². The second-order valence-electron chi connectivity index (χ2n) is 5.15. The number of halogens is 1. The number of nitro groups is 1. The van der Waals surface area contributed by atoms with Crippen molar-refractivity contribution in [2.45, 2.75) is 18.2 Å². The molecule has 0 bridgehead atoms. The third-order valence-electron chi connectivity index (χ3n) is 3.58. The maximum absolute atomic E-state index is 14.1. The van der Waals surface area contributed by atoms with Gasteiger partial charge in [0.15, 0.2) is 4.90 Å². The topological polar surface area (TPSA) is 113 Å². The molecule has 0 aliphatic carbocycles. The van der Waals surface area contributed by atoms with Crippen molar-refractivity contribution >= 4 is 15.7 Å². The molecular weight excluding hydrogens is 339 g/mol. The minimum absolute atomic E-state index is 0.0933. The lowest BCUT2D eigenvalue weighted by molar-refractivity contribution is -0.387. The number of methoxy groups -OCH3 is 1. The van der Waals surface area contributed by atoms with Crippen LogP contribution in [-0.2, 0) is 16.4 Å². The predicted molar refractivity (Wildman–Crippen MR) is 85.0 cm³/mol. The van der Waals surface area contributed by atoms with E-state index < -0.39 is 31.3 Å². The summed E-state index contributed by atoms with van der Waals surface area (Å²) in [5.41, 5.74) is 0.0897. The molecule has 7 nitrogen and oxygen atoms in total. The summed E-state index contributed by atoms with van der Waals surface area (Å²) in [5, 5.41) is 16.3. The molecule has 0 unspecified atom stereocenters. The van der Waals surface area contributed by atoms with Gasteiger partial charge in [0.25, 0.3) is 5.69 Å². The first-order valence-electron chi connectivity index (χ1n) is 6.77. The van der Waals surface area contributed by atoms with Crippen molar-refractivity contribution in [2.75, 3.05) is 7.11 Å². The summed E-state index contributed by atoms with van der Waals surface area (Å²) >= 11 is 0. The molecule has 128 valence electrons. The van der Waals surface area contributed by atoms with Crippen LogP contribution in [0.4, 0.5) is 10.1 Å². The molecule has 0 spiro atoms. The van der Waals surface area contributed by atoms with Gasteiger partial charge in [0, 0.05) is 18.6 Å². The van der Waals surface area contributed by atoms with Crippen LogP contribution >= 0.6 is 0 Å². The van der Waals surface area contributed by atoms with Crippen LogP contribution in [0, 0.1) is 22.9 Å². The summed E-state index contributed by atoms with van der Waals surface area (Å²) in [4.78, 5) is 9.71. The SMILES string of the molecule is COc1ccc(Cc2c(C)ccc([N+](=O)[O-])c2S(N)(=O)=O)c(F)c1. The zero-order valence-electron chi connectivity index (χ0n) is 12.9. The highest BCUT2D eigenvalue weighted by molar-refractivity contribution is 7.89. The molecule has 0 saturated carbocycles. The first kappa shape index (κ1) is 17.8. The summed E-state index contributed by atoms with van der Waals surface area (Å²) in [7, 11) is -2.98. The van der Waals surface area contributed by atoms with Crippen molar-refractivity contribution in [3.8, 4) is 5.75 Å². The van der Waals surface area contributed by atoms with Crippen LogP contribution in [0.3, 0.4) is 0 Å². The Kier molecular flexibility index (Phi) is 4.86. The molecule has 0 aliphatic heterocycles. The second kappa shape index (κ2) is 6.54. The molecule has 9 heteroatoms. The largest absolute Gasteiger partial charge is 0.497 e. The number of nitrogens with zero attached hydrogens (tertiary/aromatic N) is 1. The lowest BCUT2D eigenvalue weighted by Crippen LogP contribution is -2.18. The smallest absolute Gasteiger partial charge is 0.289 e. The molecule has 0 amide bonds. The second-order valence-corrected chi connectivity index (χ2v) is 6.64. The number of hydrogen-bond acceptors (Lipinski definition) is 5. The molecule has 0 fully saturated rings. The van der Waals surface area contributed by atoms with E-state index in [9.17, 15) is 22.9 Å². The maximum atomic E-state index is 14.1. The van der Waals surface area contributed by atoms with Gasteiger partial charge >= 0.3 is 0 Å². The minimum Gasteiger partial charge on any atom is -0.497 e. The summed E-state index contributed by atoms with van der Waals surface area (Å²) in [5.74, 6) is -0.306. The Balaban J connectivity index is 2.66. The first-order chi connectivity index (χ1) is 11.1. The van der Waals surface area contributed by atoms with Crippen molar-refractivity contribution in [3.63, 3.8) is 0 Å². The number of hydrogen-bond donors (Lipinski definition) is 1. The Hall–Kier alpha value is -2.52. The summed E-state index contributed by atoms with van der Waals surface area (Å²) in [6, 6.07) is 6.58. The van der Waals surface area contributed by atoms with E-state index in [1.807, 2.05) is 0 Å². The van der Waals surface area contributed by atoms with Gasteiger partial charge in [-0.2, -0.15) is 0 Å². The average molecular weight is 354 g/mol. The lowest BCUT2D eigenvalue weighted by atomic mass is 9.99. The number of primary sulfonamides is 1. The van der Waals surface area contributed by atoms with Gasteiger partial charge < -0.3 is 4.74 Å². The third-order valence-corrected chi connectivity index (χ3v) is 4.61. The fourth-order valence-electron chi connectivity index (χ4n) is 2.38. The number of rotatable bonds is 5.